The van der Waals surface area contributed by atoms with Gasteiger partial charge in [0.25, 0.3) is 0 Å². The topological polar surface area (TPSA) is 25.8 Å². The molecule has 0 radical (unpaired) electrons. The Hall–Kier alpha value is -7.94. The highest BCUT2D eigenvalue weighted by Gasteiger charge is 2.49. The summed E-state index contributed by atoms with van der Waals surface area (Å²) in [5, 5.41) is 0. The molecule has 12 rings (SSSR count). The third kappa shape index (κ3) is 5.57. The Morgan fingerprint density at radius 3 is 1.02 bits per heavy atom. The molecular formula is C59H38N2. The van der Waals surface area contributed by atoms with Crippen LogP contribution in [0.2, 0.25) is 0 Å². The van der Waals surface area contributed by atoms with E-state index in [1.165, 1.54) is 77.9 Å². The lowest BCUT2D eigenvalue weighted by Gasteiger charge is -2.35. The summed E-state index contributed by atoms with van der Waals surface area (Å²) in [6, 6.07) is 83.5. The molecule has 284 valence electrons. The van der Waals surface area contributed by atoms with Crippen molar-refractivity contribution >= 4 is 0 Å². The van der Waals surface area contributed by atoms with E-state index in [-0.39, 0.29) is 0 Å². The first-order valence-electron chi connectivity index (χ1n) is 21.0. The number of nitrogens with zero attached hydrogens (tertiary/aromatic N) is 2. The van der Waals surface area contributed by atoms with Crippen LogP contribution in [-0.2, 0) is 5.41 Å². The Bertz CT molecular complexity index is 3110. The van der Waals surface area contributed by atoms with Crippen LogP contribution in [0.3, 0.4) is 0 Å². The number of fused-ring (bicyclic) bond motifs is 12. The second-order valence-electron chi connectivity index (χ2n) is 16.0. The van der Waals surface area contributed by atoms with Crippen molar-refractivity contribution in [3.8, 4) is 89.5 Å². The fraction of sp³-hybridized carbons (Fsp3) is 0.0169. The summed E-state index contributed by atoms with van der Waals surface area (Å²) in [4.78, 5) is 10.7. The van der Waals surface area contributed by atoms with Crippen molar-refractivity contribution < 1.29 is 0 Å². The average Bonchev–Trinajstić information content (AvgIpc) is 3.58. The minimum Gasteiger partial charge on any atom is -0.228 e. The van der Waals surface area contributed by atoms with Crippen molar-refractivity contribution in [1.29, 1.82) is 0 Å². The number of benzene rings is 9. The molecule has 0 amide bonds. The van der Waals surface area contributed by atoms with E-state index in [0.29, 0.717) is 5.82 Å². The van der Waals surface area contributed by atoms with Gasteiger partial charge in [-0.05, 0) is 90.0 Å². The van der Waals surface area contributed by atoms with E-state index in [9.17, 15) is 0 Å². The Kier molecular flexibility index (Phi) is 8.11. The van der Waals surface area contributed by atoms with Gasteiger partial charge in [-0.25, -0.2) is 9.97 Å². The van der Waals surface area contributed by atoms with E-state index in [0.717, 1.165) is 28.1 Å². The predicted molar refractivity (Wildman–Crippen MR) is 251 cm³/mol. The Morgan fingerprint density at radius 2 is 0.557 bits per heavy atom. The molecule has 0 saturated carbocycles. The van der Waals surface area contributed by atoms with E-state index in [1.807, 2.05) is 0 Å². The molecule has 2 nitrogen and oxygen atoms in total. The van der Waals surface area contributed by atoms with Crippen molar-refractivity contribution in [1.82, 2.24) is 9.97 Å². The lowest BCUT2D eigenvalue weighted by atomic mass is 9.66. The fourth-order valence-electron chi connectivity index (χ4n) is 9.99. The molecular weight excluding hydrogens is 737 g/mol. The predicted octanol–water partition coefficient (Wildman–Crippen LogP) is 14.8. The van der Waals surface area contributed by atoms with E-state index in [4.69, 9.17) is 9.97 Å². The Morgan fingerprint density at radius 1 is 0.230 bits per heavy atom. The molecule has 10 aromatic rings. The summed E-state index contributed by atoms with van der Waals surface area (Å²) in [6.07, 6.45) is 0. The standard InChI is InChI=1S/C59H38N2/c1-3-15-39(16-4-1)41-27-31-43(32-28-41)56-38-57(44-33-29-42(30-34-44)40-17-5-2-6-18-40)61-58(60-56)45-35-36-55-51(37-45)50-23-11-14-26-54(50)59(55)52-24-12-9-21-48(52)46-19-7-8-20-47(46)49-22-10-13-25-53(49)59/h1-38H. The molecule has 0 aliphatic heterocycles. The van der Waals surface area contributed by atoms with Crippen LogP contribution >= 0.6 is 0 Å². The summed E-state index contributed by atoms with van der Waals surface area (Å²) in [5.41, 5.74) is 21.7. The van der Waals surface area contributed by atoms with E-state index >= 15 is 0 Å². The molecule has 0 atom stereocenters. The van der Waals surface area contributed by atoms with E-state index in [1.54, 1.807) is 0 Å². The summed E-state index contributed by atoms with van der Waals surface area (Å²) in [5.74, 6) is 0.696. The van der Waals surface area contributed by atoms with Gasteiger partial charge in [-0.3, -0.25) is 0 Å². The summed E-state index contributed by atoms with van der Waals surface area (Å²) < 4.78 is 0. The van der Waals surface area contributed by atoms with Gasteiger partial charge < -0.3 is 0 Å². The van der Waals surface area contributed by atoms with Gasteiger partial charge in [-0.2, -0.15) is 0 Å². The maximum Gasteiger partial charge on any atom is 0.160 e. The molecule has 1 spiro atoms. The zero-order chi connectivity index (χ0) is 40.3. The first kappa shape index (κ1) is 35.0. The molecule has 2 heteroatoms. The van der Waals surface area contributed by atoms with Crippen LogP contribution in [0.15, 0.2) is 231 Å². The monoisotopic (exact) mass is 774 g/mol. The van der Waals surface area contributed by atoms with Crippen molar-refractivity contribution in [3.63, 3.8) is 0 Å². The van der Waals surface area contributed by atoms with Crippen LogP contribution in [0.4, 0.5) is 0 Å². The Labute approximate surface area is 356 Å². The normalized spacial score (nSPS) is 12.7. The molecule has 0 unspecified atom stereocenters. The maximum atomic E-state index is 5.36. The highest BCUT2D eigenvalue weighted by molar-refractivity contribution is 5.97. The zero-order valence-electron chi connectivity index (χ0n) is 33.3. The van der Waals surface area contributed by atoms with Gasteiger partial charge in [0.2, 0.25) is 0 Å². The van der Waals surface area contributed by atoms with Gasteiger partial charge in [0.1, 0.15) is 0 Å². The molecule has 1 heterocycles. The minimum atomic E-state index is -0.536. The average molecular weight is 775 g/mol. The third-order valence-corrected chi connectivity index (χ3v) is 12.8. The number of aromatic nitrogens is 2. The number of hydrogen-bond donors (Lipinski definition) is 0. The molecule has 0 bridgehead atoms. The molecule has 61 heavy (non-hydrogen) atoms. The number of hydrogen-bond acceptors (Lipinski definition) is 2. The molecule has 0 saturated heterocycles. The summed E-state index contributed by atoms with van der Waals surface area (Å²) >= 11 is 0. The van der Waals surface area contributed by atoms with Crippen molar-refractivity contribution in [2.45, 2.75) is 5.41 Å². The van der Waals surface area contributed by atoms with Crippen LogP contribution in [0, 0.1) is 0 Å². The van der Waals surface area contributed by atoms with Gasteiger partial charge in [0.15, 0.2) is 5.82 Å². The highest BCUT2D eigenvalue weighted by Crippen LogP contribution is 2.61. The smallest absolute Gasteiger partial charge is 0.160 e. The largest absolute Gasteiger partial charge is 0.228 e. The van der Waals surface area contributed by atoms with Crippen LogP contribution in [0.1, 0.15) is 22.3 Å². The molecule has 2 aliphatic rings. The lowest BCUT2D eigenvalue weighted by molar-refractivity contribution is 0.775. The van der Waals surface area contributed by atoms with Crippen LogP contribution in [0.25, 0.3) is 89.5 Å². The second kappa shape index (κ2) is 14.1. The molecule has 9 aromatic carbocycles. The van der Waals surface area contributed by atoms with Gasteiger partial charge >= 0.3 is 0 Å². The van der Waals surface area contributed by atoms with Crippen molar-refractivity contribution in [2.75, 3.05) is 0 Å². The molecule has 0 fully saturated rings. The molecule has 2 aliphatic carbocycles. The van der Waals surface area contributed by atoms with Gasteiger partial charge in [-0.1, -0.05) is 218 Å². The lowest BCUT2D eigenvalue weighted by Crippen LogP contribution is -2.29. The summed E-state index contributed by atoms with van der Waals surface area (Å²) in [6.45, 7) is 0. The third-order valence-electron chi connectivity index (χ3n) is 12.8. The SMILES string of the molecule is c1ccc(-c2ccc(-c3cc(-c4ccc(-c5ccccc5)cc4)nc(-c4ccc5c(c4)-c4ccccc4C54c5ccccc5-c5ccccc5-c5ccccc54)n3)cc2)cc1. The quantitative estimate of drug-likeness (QED) is 0.174. The van der Waals surface area contributed by atoms with Gasteiger partial charge in [0.05, 0.1) is 16.8 Å². The van der Waals surface area contributed by atoms with Crippen molar-refractivity contribution in [3.05, 3.63) is 253 Å². The zero-order valence-corrected chi connectivity index (χ0v) is 33.3. The van der Waals surface area contributed by atoms with Crippen LogP contribution < -0.4 is 0 Å². The Balaban J connectivity index is 1.05. The van der Waals surface area contributed by atoms with Gasteiger partial charge in [-0.15, -0.1) is 0 Å². The first-order valence-corrected chi connectivity index (χ1v) is 21.0. The maximum absolute atomic E-state index is 5.36. The molecule has 0 N–H and O–H groups in total. The summed E-state index contributed by atoms with van der Waals surface area (Å²) in [7, 11) is 0. The number of rotatable bonds is 5. The van der Waals surface area contributed by atoms with Crippen LogP contribution in [-0.4, -0.2) is 9.97 Å². The van der Waals surface area contributed by atoms with E-state index < -0.39 is 5.41 Å². The van der Waals surface area contributed by atoms with Gasteiger partial charge in [0, 0.05) is 16.7 Å². The van der Waals surface area contributed by atoms with Crippen LogP contribution in [0.5, 0.6) is 0 Å². The fourth-order valence-corrected chi connectivity index (χ4v) is 9.99. The second-order valence-corrected chi connectivity index (χ2v) is 16.0. The van der Waals surface area contributed by atoms with Crippen molar-refractivity contribution in [2.24, 2.45) is 0 Å². The first-order chi connectivity index (χ1) is 30.2. The molecule has 1 aromatic heterocycles. The van der Waals surface area contributed by atoms with E-state index in [2.05, 4.69) is 231 Å². The minimum absolute atomic E-state index is 0.536. The highest BCUT2D eigenvalue weighted by atomic mass is 14.9.